The Morgan fingerprint density at radius 2 is 1.96 bits per heavy atom. The van der Waals surface area contributed by atoms with Crippen molar-refractivity contribution in [2.24, 2.45) is 17.6 Å². The van der Waals surface area contributed by atoms with Crippen molar-refractivity contribution in [2.45, 2.75) is 30.2 Å². The Bertz CT molecular complexity index is 702. The summed E-state index contributed by atoms with van der Waals surface area (Å²) < 4.78 is 28.4. The van der Waals surface area contributed by atoms with Crippen LogP contribution in [0.5, 0.6) is 5.75 Å². The van der Waals surface area contributed by atoms with Gasteiger partial charge in [-0.3, -0.25) is 4.79 Å². The highest BCUT2D eigenvalue weighted by atomic mass is 32.2. The van der Waals surface area contributed by atoms with Crippen LogP contribution < -0.4 is 10.5 Å². The molecule has 1 aromatic rings. The van der Waals surface area contributed by atoms with Crippen molar-refractivity contribution in [1.82, 2.24) is 4.90 Å². The molecule has 0 radical (unpaired) electrons. The zero-order valence-corrected chi connectivity index (χ0v) is 14.7. The Labute approximate surface area is 142 Å². The van der Waals surface area contributed by atoms with Crippen molar-refractivity contribution in [3.63, 3.8) is 0 Å². The molecule has 0 spiro atoms. The molecule has 24 heavy (non-hydrogen) atoms. The number of fused-ring (bicyclic) bond motifs is 1. The first-order chi connectivity index (χ1) is 11.3. The van der Waals surface area contributed by atoms with E-state index in [9.17, 15) is 13.2 Å². The number of hydrogen-bond acceptors (Lipinski definition) is 5. The zero-order chi connectivity index (χ0) is 17.3. The van der Waals surface area contributed by atoms with Gasteiger partial charge in [0.25, 0.3) is 0 Å². The molecular weight excluding hydrogens is 328 g/mol. The summed E-state index contributed by atoms with van der Waals surface area (Å²) in [6.45, 7) is 1.88. The van der Waals surface area contributed by atoms with Crippen molar-refractivity contribution in [2.75, 3.05) is 26.0 Å². The van der Waals surface area contributed by atoms with Crippen LogP contribution in [0.3, 0.4) is 0 Å². The molecule has 1 heterocycles. The number of sulfone groups is 1. The molecule has 7 heteroatoms. The third-order valence-electron chi connectivity index (χ3n) is 5.10. The highest BCUT2D eigenvalue weighted by molar-refractivity contribution is 7.90. The van der Waals surface area contributed by atoms with E-state index in [1.165, 1.54) is 18.4 Å². The standard InChI is InChI=1S/C17H24N2O4S/c1-24(21,22)14-5-3-13(4-6-14)23-9-8-17(20)19-10-12-2-7-16(18)15(12)11-19/h3-6,12,15-16H,2,7-11,18H2,1H3. The van der Waals surface area contributed by atoms with Crippen LogP contribution in [-0.4, -0.2) is 51.2 Å². The molecule has 2 fully saturated rings. The maximum Gasteiger partial charge on any atom is 0.226 e. The largest absolute Gasteiger partial charge is 0.493 e. The normalized spacial score (nSPS) is 26.4. The van der Waals surface area contributed by atoms with E-state index in [0.29, 0.717) is 24.0 Å². The Morgan fingerprint density at radius 3 is 2.58 bits per heavy atom. The summed E-state index contributed by atoms with van der Waals surface area (Å²) in [5.41, 5.74) is 6.10. The Balaban J connectivity index is 1.46. The van der Waals surface area contributed by atoms with Gasteiger partial charge < -0.3 is 15.4 Å². The van der Waals surface area contributed by atoms with Gasteiger partial charge in [-0.2, -0.15) is 0 Å². The van der Waals surface area contributed by atoms with Gasteiger partial charge in [0.05, 0.1) is 17.9 Å². The molecule has 2 N–H and O–H groups in total. The number of rotatable bonds is 5. The lowest BCUT2D eigenvalue weighted by Gasteiger charge is -2.19. The lowest BCUT2D eigenvalue weighted by Crippen LogP contribution is -2.34. The Kier molecular flexibility index (Phi) is 4.83. The van der Waals surface area contributed by atoms with Crippen molar-refractivity contribution in [1.29, 1.82) is 0 Å². The van der Waals surface area contributed by atoms with Gasteiger partial charge in [0.1, 0.15) is 5.75 Å². The molecule has 1 saturated carbocycles. The molecule has 0 aromatic heterocycles. The molecule has 3 unspecified atom stereocenters. The maximum absolute atomic E-state index is 12.3. The van der Waals surface area contributed by atoms with Crippen LogP contribution >= 0.6 is 0 Å². The fourth-order valence-corrected chi connectivity index (χ4v) is 4.34. The molecule has 1 aliphatic heterocycles. The maximum atomic E-state index is 12.3. The predicted octanol–water partition coefficient (Wildman–Crippen LogP) is 1.05. The second-order valence-electron chi connectivity index (χ2n) is 6.81. The minimum absolute atomic E-state index is 0.101. The number of ether oxygens (including phenoxy) is 1. The molecule has 3 atom stereocenters. The van der Waals surface area contributed by atoms with Crippen LogP contribution in [-0.2, 0) is 14.6 Å². The molecule has 1 aliphatic carbocycles. The second kappa shape index (κ2) is 6.72. The molecule has 6 nitrogen and oxygen atoms in total. The molecular formula is C17H24N2O4S. The number of carbonyl (C=O) groups excluding carboxylic acids is 1. The van der Waals surface area contributed by atoms with E-state index in [1.54, 1.807) is 12.1 Å². The number of nitrogens with two attached hydrogens (primary N) is 1. The van der Waals surface area contributed by atoms with E-state index in [-0.39, 0.29) is 23.5 Å². The van der Waals surface area contributed by atoms with Gasteiger partial charge in [-0.25, -0.2) is 8.42 Å². The van der Waals surface area contributed by atoms with E-state index in [4.69, 9.17) is 10.5 Å². The summed E-state index contributed by atoms with van der Waals surface area (Å²) in [5.74, 6) is 1.69. The molecule has 1 aromatic carbocycles. The monoisotopic (exact) mass is 352 g/mol. The van der Waals surface area contributed by atoms with Gasteiger partial charge >= 0.3 is 0 Å². The number of benzene rings is 1. The van der Waals surface area contributed by atoms with Gasteiger partial charge in [0.2, 0.25) is 5.91 Å². The lowest BCUT2D eigenvalue weighted by molar-refractivity contribution is -0.131. The lowest BCUT2D eigenvalue weighted by atomic mass is 9.98. The molecule has 3 rings (SSSR count). The summed E-state index contributed by atoms with van der Waals surface area (Å²) in [6.07, 6.45) is 3.68. The zero-order valence-electron chi connectivity index (χ0n) is 13.8. The molecule has 132 valence electrons. The van der Waals surface area contributed by atoms with E-state index in [1.807, 2.05) is 4.90 Å². The molecule has 1 saturated heterocycles. The van der Waals surface area contributed by atoms with Crippen LogP contribution in [0.15, 0.2) is 29.2 Å². The van der Waals surface area contributed by atoms with Crippen LogP contribution in [0.1, 0.15) is 19.3 Å². The first kappa shape index (κ1) is 17.2. The van der Waals surface area contributed by atoms with Crippen LogP contribution in [0.25, 0.3) is 0 Å². The minimum atomic E-state index is -3.20. The summed E-state index contributed by atoms with van der Waals surface area (Å²) in [5, 5.41) is 0. The summed E-state index contributed by atoms with van der Waals surface area (Å²) in [6, 6.07) is 6.48. The fourth-order valence-electron chi connectivity index (χ4n) is 3.71. The van der Waals surface area contributed by atoms with Crippen LogP contribution in [0.4, 0.5) is 0 Å². The SMILES string of the molecule is CS(=O)(=O)c1ccc(OCCC(=O)N2CC3CCC(N)C3C2)cc1. The molecule has 2 aliphatic rings. The van der Waals surface area contributed by atoms with E-state index in [2.05, 4.69) is 0 Å². The highest BCUT2D eigenvalue weighted by Gasteiger charge is 2.42. The van der Waals surface area contributed by atoms with E-state index >= 15 is 0 Å². The van der Waals surface area contributed by atoms with Crippen molar-refractivity contribution in [3.8, 4) is 5.75 Å². The topological polar surface area (TPSA) is 89.7 Å². The molecule has 1 amide bonds. The summed E-state index contributed by atoms with van der Waals surface area (Å²) >= 11 is 0. The highest BCUT2D eigenvalue weighted by Crippen LogP contribution is 2.37. The van der Waals surface area contributed by atoms with Crippen LogP contribution in [0.2, 0.25) is 0 Å². The van der Waals surface area contributed by atoms with Crippen molar-refractivity contribution in [3.05, 3.63) is 24.3 Å². The van der Waals surface area contributed by atoms with Gasteiger partial charge in [-0.15, -0.1) is 0 Å². The quantitative estimate of drug-likeness (QED) is 0.856. The van der Waals surface area contributed by atoms with Gasteiger partial charge in [-0.05, 0) is 48.9 Å². The van der Waals surface area contributed by atoms with Gasteiger partial charge in [0.15, 0.2) is 9.84 Å². The van der Waals surface area contributed by atoms with E-state index < -0.39 is 9.84 Å². The number of likely N-dealkylation sites (tertiary alicyclic amines) is 1. The smallest absolute Gasteiger partial charge is 0.226 e. The fraction of sp³-hybridized carbons (Fsp3) is 0.588. The molecule has 0 bridgehead atoms. The van der Waals surface area contributed by atoms with E-state index in [0.717, 1.165) is 25.9 Å². The average molecular weight is 352 g/mol. The average Bonchev–Trinajstić information content (AvgIpc) is 3.09. The van der Waals surface area contributed by atoms with Crippen LogP contribution in [0, 0.1) is 11.8 Å². The third kappa shape index (κ3) is 3.72. The number of nitrogens with zero attached hydrogens (tertiary/aromatic N) is 1. The Morgan fingerprint density at radius 1 is 1.25 bits per heavy atom. The summed E-state index contributed by atoms with van der Waals surface area (Å²) in [7, 11) is -3.20. The van der Waals surface area contributed by atoms with Gasteiger partial charge in [-0.1, -0.05) is 0 Å². The predicted molar refractivity (Wildman–Crippen MR) is 90.4 cm³/mol. The van der Waals surface area contributed by atoms with Crippen molar-refractivity contribution >= 4 is 15.7 Å². The van der Waals surface area contributed by atoms with Crippen molar-refractivity contribution < 1.29 is 17.9 Å². The number of amides is 1. The summed E-state index contributed by atoms with van der Waals surface area (Å²) in [4.78, 5) is 14.4. The second-order valence-corrected chi connectivity index (χ2v) is 8.82. The number of hydrogen-bond donors (Lipinski definition) is 1. The third-order valence-corrected chi connectivity index (χ3v) is 6.23. The minimum Gasteiger partial charge on any atom is -0.493 e. The Hall–Kier alpha value is -1.60. The first-order valence-corrected chi connectivity index (χ1v) is 10.2. The van der Waals surface area contributed by atoms with Gasteiger partial charge in [0, 0.05) is 25.4 Å². The first-order valence-electron chi connectivity index (χ1n) is 8.31. The number of carbonyl (C=O) groups is 1.